The van der Waals surface area contributed by atoms with Crippen LogP contribution in [0.2, 0.25) is 0 Å². The number of hydrogen-bond donors (Lipinski definition) is 0. The predicted octanol–water partition coefficient (Wildman–Crippen LogP) is 2.62. The molecule has 1 aliphatic rings. The monoisotopic (exact) mass is 213 g/mol. The number of fused-ring (bicyclic) bond motifs is 3. The number of rotatable bonds is 1. The van der Waals surface area contributed by atoms with Gasteiger partial charge in [0, 0.05) is 36.6 Å². The minimum Gasteiger partial charge on any atom is -0.327 e. The van der Waals surface area contributed by atoms with Crippen LogP contribution in [-0.4, -0.2) is 14.5 Å². The van der Waals surface area contributed by atoms with Crippen LogP contribution in [0.25, 0.3) is 11.4 Å². The number of nitrogens with zero attached hydrogens (tertiary/aromatic N) is 3. The molecule has 3 nitrogen and oxygen atoms in total. The molecule has 0 aromatic carbocycles. The smallest absolute Gasteiger partial charge is 0.141 e. The van der Waals surface area contributed by atoms with Gasteiger partial charge in [-0.05, 0) is 18.1 Å². The Bertz CT molecular complexity index is 526. The maximum atomic E-state index is 4.54. The molecule has 0 saturated heterocycles. The largest absolute Gasteiger partial charge is 0.327 e. The molecule has 0 unspecified atom stereocenters. The first-order valence-corrected chi connectivity index (χ1v) is 5.77. The third-order valence-corrected chi connectivity index (χ3v) is 3.18. The summed E-state index contributed by atoms with van der Waals surface area (Å²) in [6.07, 6.45) is 4.88. The van der Waals surface area contributed by atoms with Crippen LogP contribution in [-0.2, 0) is 13.0 Å². The van der Waals surface area contributed by atoms with Gasteiger partial charge in [0.25, 0.3) is 0 Å². The van der Waals surface area contributed by atoms with Crippen molar-refractivity contribution in [1.29, 1.82) is 0 Å². The zero-order valence-corrected chi connectivity index (χ0v) is 9.64. The summed E-state index contributed by atoms with van der Waals surface area (Å²) < 4.78 is 2.33. The number of aryl methyl sites for hydroxylation is 1. The Morgan fingerprint density at radius 1 is 1.31 bits per heavy atom. The molecule has 3 rings (SSSR count). The highest BCUT2D eigenvalue weighted by Crippen LogP contribution is 2.29. The molecular weight excluding hydrogens is 198 g/mol. The quantitative estimate of drug-likeness (QED) is 0.729. The van der Waals surface area contributed by atoms with Gasteiger partial charge in [-0.2, -0.15) is 0 Å². The lowest BCUT2D eigenvalue weighted by Crippen LogP contribution is -2.15. The summed E-state index contributed by atoms with van der Waals surface area (Å²) in [7, 11) is 0. The Kier molecular flexibility index (Phi) is 2.06. The van der Waals surface area contributed by atoms with Crippen LogP contribution >= 0.6 is 0 Å². The molecule has 0 aliphatic carbocycles. The van der Waals surface area contributed by atoms with Crippen LogP contribution in [0.3, 0.4) is 0 Å². The molecule has 0 fully saturated rings. The number of aromatic nitrogens is 3. The highest BCUT2D eigenvalue weighted by molar-refractivity contribution is 5.60. The number of pyridine rings is 1. The zero-order chi connectivity index (χ0) is 11.1. The minimum absolute atomic E-state index is 0.527. The first kappa shape index (κ1) is 9.58. The van der Waals surface area contributed by atoms with Crippen molar-refractivity contribution in [1.82, 2.24) is 14.5 Å². The Morgan fingerprint density at radius 2 is 2.19 bits per heavy atom. The second kappa shape index (κ2) is 3.44. The van der Waals surface area contributed by atoms with Crippen LogP contribution < -0.4 is 0 Å². The fourth-order valence-corrected chi connectivity index (χ4v) is 2.36. The van der Waals surface area contributed by atoms with E-state index >= 15 is 0 Å². The van der Waals surface area contributed by atoms with Crippen LogP contribution in [0.15, 0.2) is 24.5 Å². The summed E-state index contributed by atoms with van der Waals surface area (Å²) in [6, 6.07) is 4.10. The van der Waals surface area contributed by atoms with Gasteiger partial charge in [-0.15, -0.1) is 0 Å². The molecule has 0 N–H and O–H groups in total. The Labute approximate surface area is 95.2 Å². The average Bonchev–Trinajstić information content (AvgIpc) is 2.73. The van der Waals surface area contributed by atoms with Crippen molar-refractivity contribution in [2.45, 2.75) is 32.7 Å². The van der Waals surface area contributed by atoms with Crippen LogP contribution in [0, 0.1) is 0 Å². The van der Waals surface area contributed by atoms with Crippen molar-refractivity contribution in [2.24, 2.45) is 0 Å². The molecule has 0 spiro atoms. The topological polar surface area (TPSA) is 30.7 Å². The molecule has 2 aromatic heterocycles. The highest BCUT2D eigenvalue weighted by atomic mass is 15.1. The molecule has 2 aromatic rings. The minimum atomic E-state index is 0.527. The summed E-state index contributed by atoms with van der Waals surface area (Å²) in [4.78, 5) is 8.96. The predicted molar refractivity (Wildman–Crippen MR) is 63.3 cm³/mol. The molecule has 16 heavy (non-hydrogen) atoms. The molecule has 1 aliphatic heterocycles. The van der Waals surface area contributed by atoms with Gasteiger partial charge >= 0.3 is 0 Å². The molecule has 3 heteroatoms. The van der Waals surface area contributed by atoms with Crippen molar-refractivity contribution in [3.8, 4) is 11.4 Å². The summed E-state index contributed by atoms with van der Waals surface area (Å²) in [5, 5.41) is 0. The first-order chi connectivity index (χ1) is 7.77. The van der Waals surface area contributed by atoms with E-state index in [9.17, 15) is 0 Å². The van der Waals surface area contributed by atoms with Crippen molar-refractivity contribution in [3.63, 3.8) is 0 Å². The number of hydrogen-bond acceptors (Lipinski definition) is 2. The molecule has 0 atom stereocenters. The van der Waals surface area contributed by atoms with Gasteiger partial charge in [-0.3, -0.25) is 4.98 Å². The average molecular weight is 213 g/mol. The lowest BCUT2D eigenvalue weighted by molar-refractivity contribution is 0.618. The van der Waals surface area contributed by atoms with E-state index in [0.717, 1.165) is 18.8 Å². The molecule has 0 saturated carbocycles. The van der Waals surface area contributed by atoms with Gasteiger partial charge in [0.2, 0.25) is 0 Å². The Balaban J connectivity index is 2.19. The van der Waals surface area contributed by atoms with E-state index in [-0.39, 0.29) is 0 Å². The van der Waals surface area contributed by atoms with Crippen molar-refractivity contribution < 1.29 is 0 Å². The highest BCUT2D eigenvalue weighted by Gasteiger charge is 2.21. The number of imidazole rings is 1. The maximum absolute atomic E-state index is 4.54. The fraction of sp³-hybridized carbons (Fsp3) is 0.385. The van der Waals surface area contributed by atoms with E-state index < -0.39 is 0 Å². The second-order valence-corrected chi connectivity index (χ2v) is 4.56. The standard InChI is InChI=1S/C13H15N3/c1-9(2)12-8-15-13-10-4-3-6-14-11(10)5-7-16(12)13/h3-4,6,8-9H,5,7H2,1-2H3. The second-order valence-electron chi connectivity index (χ2n) is 4.56. The van der Waals surface area contributed by atoms with E-state index in [1.807, 2.05) is 18.5 Å². The SMILES string of the molecule is CC(C)c1cnc2n1CCc1ncccc1-2. The van der Waals surface area contributed by atoms with E-state index in [1.54, 1.807) is 0 Å². The van der Waals surface area contributed by atoms with Crippen LogP contribution in [0.1, 0.15) is 31.2 Å². The van der Waals surface area contributed by atoms with Crippen LogP contribution in [0.4, 0.5) is 0 Å². The lowest BCUT2D eigenvalue weighted by atomic mass is 10.1. The fourth-order valence-electron chi connectivity index (χ4n) is 2.36. The van der Waals surface area contributed by atoms with Crippen molar-refractivity contribution >= 4 is 0 Å². The lowest BCUT2D eigenvalue weighted by Gasteiger charge is -2.20. The molecule has 0 bridgehead atoms. The van der Waals surface area contributed by atoms with Gasteiger partial charge in [0.1, 0.15) is 5.82 Å². The third kappa shape index (κ3) is 1.28. The maximum Gasteiger partial charge on any atom is 0.141 e. The van der Waals surface area contributed by atoms with Gasteiger partial charge in [0.15, 0.2) is 0 Å². The zero-order valence-electron chi connectivity index (χ0n) is 9.64. The molecular formula is C13H15N3. The summed E-state index contributed by atoms with van der Waals surface area (Å²) in [6.45, 7) is 5.43. The molecule has 3 heterocycles. The van der Waals surface area contributed by atoms with Gasteiger partial charge in [0.05, 0.1) is 5.69 Å². The Hall–Kier alpha value is -1.64. The Morgan fingerprint density at radius 3 is 3.00 bits per heavy atom. The van der Waals surface area contributed by atoms with Crippen molar-refractivity contribution in [2.75, 3.05) is 0 Å². The van der Waals surface area contributed by atoms with Crippen molar-refractivity contribution in [3.05, 3.63) is 35.9 Å². The van der Waals surface area contributed by atoms with E-state index in [4.69, 9.17) is 0 Å². The summed E-state index contributed by atoms with van der Waals surface area (Å²) in [5.41, 5.74) is 3.70. The molecule has 0 amide bonds. The summed E-state index contributed by atoms with van der Waals surface area (Å²) >= 11 is 0. The first-order valence-electron chi connectivity index (χ1n) is 5.77. The van der Waals surface area contributed by atoms with Gasteiger partial charge in [-0.25, -0.2) is 4.98 Å². The van der Waals surface area contributed by atoms with Crippen LogP contribution in [0.5, 0.6) is 0 Å². The van der Waals surface area contributed by atoms with E-state index in [1.165, 1.54) is 17.0 Å². The molecule has 0 radical (unpaired) electrons. The van der Waals surface area contributed by atoms with Gasteiger partial charge in [-0.1, -0.05) is 13.8 Å². The van der Waals surface area contributed by atoms with Gasteiger partial charge < -0.3 is 4.57 Å². The van der Waals surface area contributed by atoms with E-state index in [2.05, 4.69) is 34.4 Å². The van der Waals surface area contributed by atoms with E-state index in [0.29, 0.717) is 5.92 Å². The third-order valence-electron chi connectivity index (χ3n) is 3.18. The normalized spacial score (nSPS) is 13.7. The molecule has 82 valence electrons. The summed E-state index contributed by atoms with van der Waals surface area (Å²) in [5.74, 6) is 1.61.